The number of nitrogens with zero attached hydrogens (tertiary/aromatic N) is 3. The van der Waals surface area contributed by atoms with Gasteiger partial charge in [-0.05, 0) is 38.1 Å². The number of rotatable bonds is 6. The fraction of sp³-hybridized carbons (Fsp3) is 0.368. The molecule has 130 valence electrons. The predicted octanol–water partition coefficient (Wildman–Crippen LogP) is 3.74. The van der Waals surface area contributed by atoms with E-state index < -0.39 is 0 Å². The van der Waals surface area contributed by atoms with Gasteiger partial charge in [-0.3, -0.25) is 10.00 Å². The third kappa shape index (κ3) is 4.08. The third-order valence-electron chi connectivity index (χ3n) is 4.53. The smallest absolute Gasteiger partial charge is 0.130 e. The lowest BCUT2D eigenvalue weighted by atomic mass is 10.1. The van der Waals surface area contributed by atoms with E-state index in [1.54, 1.807) is 11.3 Å². The van der Waals surface area contributed by atoms with Crippen LogP contribution in [-0.2, 0) is 13.2 Å². The number of aromatic nitrogens is 3. The molecule has 6 heteroatoms. The number of aryl methyl sites for hydroxylation is 1. The molecule has 1 aromatic carbocycles. The lowest BCUT2D eigenvalue weighted by Crippen LogP contribution is -2.19. The minimum absolute atomic E-state index is 0.496. The normalized spacial score (nSPS) is 17.9. The Labute approximate surface area is 151 Å². The van der Waals surface area contributed by atoms with E-state index in [2.05, 4.69) is 33.1 Å². The minimum Gasteiger partial charge on any atom is -0.487 e. The summed E-state index contributed by atoms with van der Waals surface area (Å²) in [6, 6.07) is 12.0. The Kier molecular flexibility index (Phi) is 4.81. The van der Waals surface area contributed by atoms with Gasteiger partial charge in [-0.15, -0.1) is 11.3 Å². The number of thiazole rings is 1. The van der Waals surface area contributed by atoms with Gasteiger partial charge in [0.05, 0.1) is 16.4 Å². The van der Waals surface area contributed by atoms with E-state index in [1.165, 1.54) is 4.88 Å². The second-order valence-corrected chi connectivity index (χ2v) is 7.81. The molecule has 0 aliphatic carbocycles. The summed E-state index contributed by atoms with van der Waals surface area (Å²) in [7, 11) is 0. The summed E-state index contributed by atoms with van der Waals surface area (Å²) in [5.41, 5.74) is 2.17. The number of H-pyrrole nitrogens is 1. The average molecular weight is 354 g/mol. The molecule has 0 spiro atoms. The number of hydrogen-bond acceptors (Lipinski definition) is 5. The first-order valence-electron chi connectivity index (χ1n) is 8.62. The predicted molar refractivity (Wildman–Crippen MR) is 98.8 cm³/mol. The van der Waals surface area contributed by atoms with E-state index in [0.717, 1.165) is 48.2 Å². The Hall–Kier alpha value is -2.18. The first kappa shape index (κ1) is 16.3. The number of nitrogens with one attached hydrogen (secondary N) is 1. The maximum Gasteiger partial charge on any atom is 0.130 e. The molecule has 0 amide bonds. The Bertz CT molecular complexity index is 814. The molecule has 5 nitrogen and oxygen atoms in total. The first-order chi connectivity index (χ1) is 12.3. The van der Waals surface area contributed by atoms with Crippen LogP contribution in [0.3, 0.4) is 0 Å². The van der Waals surface area contributed by atoms with Crippen LogP contribution in [0.5, 0.6) is 5.75 Å². The van der Waals surface area contributed by atoms with Gasteiger partial charge < -0.3 is 4.74 Å². The summed E-state index contributed by atoms with van der Waals surface area (Å²) >= 11 is 1.79. The minimum atomic E-state index is 0.496. The van der Waals surface area contributed by atoms with Crippen molar-refractivity contribution < 1.29 is 4.74 Å². The quantitative estimate of drug-likeness (QED) is 0.733. The fourth-order valence-electron chi connectivity index (χ4n) is 3.26. The molecule has 4 rings (SSSR count). The van der Waals surface area contributed by atoms with Gasteiger partial charge in [-0.25, -0.2) is 4.98 Å². The van der Waals surface area contributed by atoms with Gasteiger partial charge in [0.15, 0.2) is 0 Å². The Morgan fingerprint density at radius 3 is 3.00 bits per heavy atom. The second kappa shape index (κ2) is 7.37. The standard InChI is InChI=1S/C19H22N4OS/c1-14-20-10-18(25-14)12-23-8-7-15(11-23)19-9-16(21-22-19)13-24-17-5-3-2-4-6-17/h2-6,9-10,15H,7-8,11-13H2,1H3,(H,21,22). The topological polar surface area (TPSA) is 54.0 Å². The molecule has 1 unspecified atom stereocenters. The van der Waals surface area contributed by atoms with Crippen LogP contribution in [0, 0.1) is 6.92 Å². The van der Waals surface area contributed by atoms with Crippen LogP contribution >= 0.6 is 11.3 Å². The van der Waals surface area contributed by atoms with Gasteiger partial charge in [0.1, 0.15) is 12.4 Å². The van der Waals surface area contributed by atoms with Crippen molar-refractivity contribution in [3.8, 4) is 5.75 Å². The molecular weight excluding hydrogens is 332 g/mol. The molecular formula is C19H22N4OS. The van der Waals surface area contributed by atoms with Crippen molar-refractivity contribution in [1.82, 2.24) is 20.1 Å². The molecule has 0 radical (unpaired) electrons. The molecule has 1 aliphatic heterocycles. The van der Waals surface area contributed by atoms with Crippen LogP contribution in [0.2, 0.25) is 0 Å². The third-order valence-corrected chi connectivity index (χ3v) is 5.43. The Morgan fingerprint density at radius 2 is 2.20 bits per heavy atom. The van der Waals surface area contributed by atoms with Crippen molar-refractivity contribution in [3.63, 3.8) is 0 Å². The maximum atomic E-state index is 5.78. The molecule has 1 fully saturated rings. The van der Waals surface area contributed by atoms with Crippen molar-refractivity contribution in [2.45, 2.75) is 32.4 Å². The first-order valence-corrected chi connectivity index (χ1v) is 9.43. The number of hydrogen-bond donors (Lipinski definition) is 1. The van der Waals surface area contributed by atoms with E-state index in [1.807, 2.05) is 36.5 Å². The highest BCUT2D eigenvalue weighted by Gasteiger charge is 2.26. The van der Waals surface area contributed by atoms with Crippen LogP contribution in [0.4, 0.5) is 0 Å². The van der Waals surface area contributed by atoms with Crippen molar-refractivity contribution in [3.05, 3.63) is 63.9 Å². The Balaban J connectivity index is 1.31. The molecule has 2 aromatic heterocycles. The van der Waals surface area contributed by atoms with Crippen molar-refractivity contribution >= 4 is 11.3 Å². The molecule has 0 bridgehead atoms. The van der Waals surface area contributed by atoms with E-state index in [0.29, 0.717) is 12.5 Å². The van der Waals surface area contributed by atoms with Crippen LogP contribution in [0.15, 0.2) is 42.6 Å². The van der Waals surface area contributed by atoms with Gasteiger partial charge in [-0.1, -0.05) is 18.2 Å². The highest BCUT2D eigenvalue weighted by atomic mass is 32.1. The summed E-state index contributed by atoms with van der Waals surface area (Å²) < 4.78 is 5.78. The largest absolute Gasteiger partial charge is 0.487 e. The fourth-order valence-corrected chi connectivity index (χ4v) is 4.09. The zero-order valence-electron chi connectivity index (χ0n) is 14.3. The average Bonchev–Trinajstić information content (AvgIpc) is 3.36. The summed E-state index contributed by atoms with van der Waals surface area (Å²) in [6.07, 6.45) is 3.16. The molecule has 25 heavy (non-hydrogen) atoms. The SMILES string of the molecule is Cc1ncc(CN2CCC(c3cc(COc4ccccc4)[nH]n3)C2)s1. The number of likely N-dealkylation sites (tertiary alicyclic amines) is 1. The van der Waals surface area contributed by atoms with Gasteiger partial charge in [-0.2, -0.15) is 5.10 Å². The molecule has 1 saturated heterocycles. The Morgan fingerprint density at radius 1 is 1.32 bits per heavy atom. The molecule has 1 atom stereocenters. The zero-order chi connectivity index (χ0) is 17.1. The van der Waals surface area contributed by atoms with Gasteiger partial charge in [0.2, 0.25) is 0 Å². The van der Waals surface area contributed by atoms with Gasteiger partial charge in [0, 0.05) is 30.1 Å². The molecule has 0 saturated carbocycles. The van der Waals surface area contributed by atoms with E-state index in [9.17, 15) is 0 Å². The number of aromatic amines is 1. The van der Waals surface area contributed by atoms with Crippen molar-refractivity contribution in [2.75, 3.05) is 13.1 Å². The second-order valence-electron chi connectivity index (χ2n) is 6.49. The summed E-state index contributed by atoms with van der Waals surface area (Å²) in [5.74, 6) is 1.38. The molecule has 1 N–H and O–H groups in total. The number of benzene rings is 1. The summed E-state index contributed by atoms with van der Waals surface area (Å²) in [5, 5.41) is 8.77. The van der Waals surface area contributed by atoms with E-state index >= 15 is 0 Å². The van der Waals surface area contributed by atoms with E-state index in [4.69, 9.17) is 4.74 Å². The van der Waals surface area contributed by atoms with Gasteiger partial charge in [0.25, 0.3) is 0 Å². The lowest BCUT2D eigenvalue weighted by molar-refractivity contribution is 0.301. The van der Waals surface area contributed by atoms with Crippen LogP contribution < -0.4 is 4.74 Å². The van der Waals surface area contributed by atoms with E-state index in [-0.39, 0.29) is 0 Å². The van der Waals surface area contributed by atoms with Crippen molar-refractivity contribution in [1.29, 1.82) is 0 Å². The van der Waals surface area contributed by atoms with Crippen LogP contribution in [-0.4, -0.2) is 33.2 Å². The monoisotopic (exact) mass is 354 g/mol. The van der Waals surface area contributed by atoms with Gasteiger partial charge >= 0.3 is 0 Å². The molecule has 3 heterocycles. The number of para-hydroxylation sites is 1. The molecule has 1 aliphatic rings. The number of ether oxygens (including phenoxy) is 1. The van der Waals surface area contributed by atoms with Crippen LogP contribution in [0.25, 0.3) is 0 Å². The lowest BCUT2D eigenvalue weighted by Gasteiger charge is -2.13. The summed E-state index contributed by atoms with van der Waals surface area (Å²) in [4.78, 5) is 8.18. The highest BCUT2D eigenvalue weighted by molar-refractivity contribution is 7.11. The van der Waals surface area contributed by atoms with Crippen molar-refractivity contribution in [2.24, 2.45) is 0 Å². The van der Waals surface area contributed by atoms with Crippen LogP contribution in [0.1, 0.15) is 33.6 Å². The molecule has 3 aromatic rings. The maximum absolute atomic E-state index is 5.78. The summed E-state index contributed by atoms with van der Waals surface area (Å²) in [6.45, 7) is 5.75. The zero-order valence-corrected chi connectivity index (χ0v) is 15.1. The highest BCUT2D eigenvalue weighted by Crippen LogP contribution is 2.28.